The molecule has 0 bridgehead atoms. The molecule has 120 valence electrons. The summed E-state index contributed by atoms with van der Waals surface area (Å²) in [7, 11) is 0. The van der Waals surface area contributed by atoms with Gasteiger partial charge in [0.2, 0.25) is 11.9 Å². The standard InChI is InChI=1S/C14H18F3N5/c1-8(2)18-12-20-11(10-6-4-5-7-10)21-13(22-12)19-9(3)14(15,16)17/h6,8H,3-5,7H2,1-2H3,(H2,18,19,20,21,22). The van der Waals surface area contributed by atoms with E-state index >= 15 is 0 Å². The summed E-state index contributed by atoms with van der Waals surface area (Å²) >= 11 is 0. The molecule has 2 rings (SSSR count). The zero-order valence-corrected chi connectivity index (χ0v) is 12.5. The number of nitrogens with one attached hydrogen (secondary N) is 2. The van der Waals surface area contributed by atoms with Crippen LogP contribution in [0.1, 0.15) is 38.9 Å². The Morgan fingerprint density at radius 3 is 2.45 bits per heavy atom. The molecule has 8 heteroatoms. The summed E-state index contributed by atoms with van der Waals surface area (Å²) in [4.78, 5) is 12.3. The Bertz CT molecular complexity index is 593. The van der Waals surface area contributed by atoms with Crippen molar-refractivity contribution in [2.45, 2.75) is 45.3 Å². The average molecular weight is 313 g/mol. The molecule has 0 atom stereocenters. The van der Waals surface area contributed by atoms with Crippen LogP contribution in [0.5, 0.6) is 0 Å². The molecule has 0 aliphatic heterocycles. The molecule has 1 aliphatic carbocycles. The highest BCUT2D eigenvalue weighted by atomic mass is 19.4. The summed E-state index contributed by atoms with van der Waals surface area (Å²) in [5.41, 5.74) is -0.185. The highest BCUT2D eigenvalue weighted by Gasteiger charge is 2.33. The maximum atomic E-state index is 12.6. The predicted octanol–water partition coefficient (Wildman–Crippen LogP) is 3.75. The quantitative estimate of drug-likeness (QED) is 0.867. The van der Waals surface area contributed by atoms with Gasteiger partial charge in [-0.05, 0) is 38.7 Å². The molecule has 0 aromatic carbocycles. The van der Waals surface area contributed by atoms with Crippen molar-refractivity contribution in [3.05, 3.63) is 24.2 Å². The summed E-state index contributed by atoms with van der Waals surface area (Å²) in [6.07, 6.45) is 0.171. The van der Waals surface area contributed by atoms with Gasteiger partial charge in [0.1, 0.15) is 5.70 Å². The first-order valence-electron chi connectivity index (χ1n) is 7.01. The van der Waals surface area contributed by atoms with E-state index < -0.39 is 11.9 Å². The number of nitrogens with zero attached hydrogens (tertiary/aromatic N) is 3. The van der Waals surface area contributed by atoms with E-state index in [0.717, 1.165) is 24.8 Å². The molecule has 0 amide bonds. The second-order valence-electron chi connectivity index (χ2n) is 5.33. The molecule has 1 aromatic rings. The second kappa shape index (κ2) is 6.33. The minimum Gasteiger partial charge on any atom is -0.352 e. The van der Waals surface area contributed by atoms with Crippen LogP contribution in [-0.4, -0.2) is 27.2 Å². The van der Waals surface area contributed by atoms with Crippen LogP contribution in [0.4, 0.5) is 25.1 Å². The lowest BCUT2D eigenvalue weighted by Crippen LogP contribution is -2.21. The number of hydrogen-bond donors (Lipinski definition) is 2. The zero-order valence-electron chi connectivity index (χ0n) is 12.5. The number of anilines is 2. The molecule has 1 aliphatic rings. The molecule has 22 heavy (non-hydrogen) atoms. The van der Waals surface area contributed by atoms with E-state index in [1.807, 2.05) is 19.9 Å². The van der Waals surface area contributed by atoms with Crippen molar-refractivity contribution in [1.82, 2.24) is 15.0 Å². The summed E-state index contributed by atoms with van der Waals surface area (Å²) in [6, 6.07) is 0.0477. The Balaban J connectivity index is 2.31. The van der Waals surface area contributed by atoms with Gasteiger partial charge in [0.05, 0.1) is 0 Å². The lowest BCUT2D eigenvalue weighted by molar-refractivity contribution is -0.0899. The van der Waals surface area contributed by atoms with E-state index in [1.54, 1.807) is 0 Å². The number of alkyl halides is 3. The fourth-order valence-corrected chi connectivity index (χ4v) is 1.98. The van der Waals surface area contributed by atoms with E-state index in [0.29, 0.717) is 5.82 Å². The van der Waals surface area contributed by atoms with Crippen LogP contribution in [-0.2, 0) is 0 Å². The third kappa shape index (κ3) is 4.19. The molecule has 0 saturated carbocycles. The Hall–Kier alpha value is -2.12. The van der Waals surface area contributed by atoms with Crippen LogP contribution in [0.15, 0.2) is 18.4 Å². The topological polar surface area (TPSA) is 62.7 Å². The highest BCUT2D eigenvalue weighted by Crippen LogP contribution is 2.28. The van der Waals surface area contributed by atoms with Gasteiger partial charge in [0.25, 0.3) is 0 Å². The normalized spacial score (nSPS) is 14.9. The number of hydrogen-bond acceptors (Lipinski definition) is 5. The first kappa shape index (κ1) is 16.3. The Labute approximate surface area is 126 Å². The van der Waals surface area contributed by atoms with E-state index in [-0.39, 0.29) is 17.9 Å². The van der Waals surface area contributed by atoms with E-state index in [1.165, 1.54) is 0 Å². The number of allylic oxidation sites excluding steroid dienone is 3. The van der Waals surface area contributed by atoms with Gasteiger partial charge in [-0.3, -0.25) is 0 Å². The molecular weight excluding hydrogens is 295 g/mol. The molecular formula is C14H18F3N5. The van der Waals surface area contributed by atoms with Crippen LogP contribution in [0, 0.1) is 0 Å². The van der Waals surface area contributed by atoms with Gasteiger partial charge in [-0.25, -0.2) is 0 Å². The number of aromatic nitrogens is 3. The molecule has 0 saturated heterocycles. The highest BCUT2D eigenvalue weighted by molar-refractivity contribution is 5.63. The van der Waals surface area contributed by atoms with Crippen molar-refractivity contribution in [3.63, 3.8) is 0 Å². The van der Waals surface area contributed by atoms with Crippen molar-refractivity contribution in [2.24, 2.45) is 0 Å². The van der Waals surface area contributed by atoms with Gasteiger partial charge in [-0.2, -0.15) is 28.1 Å². The first-order chi connectivity index (χ1) is 10.3. The van der Waals surface area contributed by atoms with Crippen LogP contribution in [0.25, 0.3) is 5.57 Å². The van der Waals surface area contributed by atoms with Gasteiger partial charge in [0.15, 0.2) is 5.82 Å². The third-order valence-electron chi connectivity index (χ3n) is 2.99. The Kier molecular flexibility index (Phi) is 4.68. The Morgan fingerprint density at radius 2 is 1.91 bits per heavy atom. The SMILES string of the molecule is C=C(Nc1nc(NC(C)C)nc(C2=CCCC2)n1)C(F)(F)F. The lowest BCUT2D eigenvalue weighted by Gasteiger charge is -2.14. The van der Waals surface area contributed by atoms with E-state index in [2.05, 4.69) is 32.2 Å². The largest absolute Gasteiger partial charge is 0.430 e. The third-order valence-corrected chi connectivity index (χ3v) is 2.99. The molecule has 0 unspecified atom stereocenters. The second-order valence-corrected chi connectivity index (χ2v) is 5.33. The smallest absolute Gasteiger partial charge is 0.352 e. The number of halogens is 3. The molecule has 0 fully saturated rings. The predicted molar refractivity (Wildman–Crippen MR) is 79.2 cm³/mol. The monoisotopic (exact) mass is 313 g/mol. The molecule has 2 N–H and O–H groups in total. The van der Waals surface area contributed by atoms with Crippen molar-refractivity contribution in [1.29, 1.82) is 0 Å². The van der Waals surface area contributed by atoms with Crippen LogP contribution < -0.4 is 10.6 Å². The van der Waals surface area contributed by atoms with E-state index in [9.17, 15) is 13.2 Å². The van der Waals surface area contributed by atoms with Gasteiger partial charge >= 0.3 is 6.18 Å². The summed E-state index contributed by atoms with van der Waals surface area (Å²) in [5, 5.41) is 5.09. The average Bonchev–Trinajstić information content (AvgIpc) is 2.90. The van der Waals surface area contributed by atoms with E-state index in [4.69, 9.17) is 0 Å². The van der Waals surface area contributed by atoms with Crippen molar-refractivity contribution >= 4 is 17.5 Å². The Morgan fingerprint density at radius 1 is 1.23 bits per heavy atom. The van der Waals surface area contributed by atoms with Crippen molar-refractivity contribution < 1.29 is 13.2 Å². The van der Waals surface area contributed by atoms with Crippen LogP contribution in [0.3, 0.4) is 0 Å². The maximum absolute atomic E-state index is 12.6. The molecule has 0 spiro atoms. The number of rotatable bonds is 5. The summed E-state index contributed by atoms with van der Waals surface area (Å²) < 4.78 is 37.8. The van der Waals surface area contributed by atoms with Gasteiger partial charge in [0, 0.05) is 6.04 Å². The maximum Gasteiger partial charge on any atom is 0.430 e. The first-order valence-corrected chi connectivity index (χ1v) is 7.01. The van der Waals surface area contributed by atoms with Crippen LogP contribution >= 0.6 is 0 Å². The lowest BCUT2D eigenvalue weighted by atomic mass is 10.2. The van der Waals surface area contributed by atoms with Crippen LogP contribution in [0.2, 0.25) is 0 Å². The van der Waals surface area contributed by atoms with Gasteiger partial charge in [-0.1, -0.05) is 12.7 Å². The summed E-state index contributed by atoms with van der Waals surface area (Å²) in [6.45, 7) is 6.75. The fourth-order valence-electron chi connectivity index (χ4n) is 1.98. The fraction of sp³-hybridized carbons (Fsp3) is 0.500. The molecule has 0 radical (unpaired) electrons. The molecule has 1 aromatic heterocycles. The minimum atomic E-state index is -4.55. The molecule has 5 nitrogen and oxygen atoms in total. The minimum absolute atomic E-state index is 0.0477. The van der Waals surface area contributed by atoms with Crippen molar-refractivity contribution in [3.8, 4) is 0 Å². The van der Waals surface area contributed by atoms with Gasteiger partial charge < -0.3 is 10.6 Å². The van der Waals surface area contributed by atoms with Crippen molar-refractivity contribution in [2.75, 3.05) is 10.6 Å². The zero-order chi connectivity index (χ0) is 16.3. The molecule has 1 heterocycles. The van der Waals surface area contributed by atoms with Gasteiger partial charge in [-0.15, -0.1) is 0 Å². The summed E-state index contributed by atoms with van der Waals surface area (Å²) in [5.74, 6) is 0.474.